The van der Waals surface area contributed by atoms with Gasteiger partial charge in [0.2, 0.25) is 0 Å². The van der Waals surface area contributed by atoms with Gasteiger partial charge in [-0.05, 0) is 42.7 Å². The molecule has 0 radical (unpaired) electrons. The Balaban J connectivity index is 1.80. The normalized spacial score (nSPS) is 17.9. The highest BCUT2D eigenvalue weighted by Crippen LogP contribution is 2.27. The van der Waals surface area contributed by atoms with Crippen molar-refractivity contribution in [2.24, 2.45) is 5.73 Å². The zero-order valence-electron chi connectivity index (χ0n) is 13.4. The molecule has 25 heavy (non-hydrogen) atoms. The second kappa shape index (κ2) is 7.40. The van der Waals surface area contributed by atoms with Crippen LogP contribution in [-0.2, 0) is 4.74 Å². The Morgan fingerprint density at radius 3 is 2.56 bits per heavy atom. The van der Waals surface area contributed by atoms with Crippen molar-refractivity contribution in [1.29, 1.82) is 0 Å². The van der Waals surface area contributed by atoms with Crippen molar-refractivity contribution in [3.8, 4) is 0 Å². The number of primary amides is 1. The van der Waals surface area contributed by atoms with Gasteiger partial charge in [-0.2, -0.15) is 0 Å². The van der Waals surface area contributed by atoms with Crippen LogP contribution in [0, 0.1) is 5.82 Å². The van der Waals surface area contributed by atoms with Crippen molar-refractivity contribution < 1.29 is 18.7 Å². The molecule has 1 aromatic heterocycles. The van der Waals surface area contributed by atoms with Gasteiger partial charge in [0.25, 0.3) is 11.8 Å². The summed E-state index contributed by atoms with van der Waals surface area (Å²) in [5.41, 5.74) is 6.30. The summed E-state index contributed by atoms with van der Waals surface area (Å²) in [6.07, 6.45) is 2.84. The molecule has 0 bridgehead atoms. The molecule has 3 N–H and O–H groups in total. The van der Waals surface area contributed by atoms with Crippen LogP contribution in [0.25, 0.3) is 0 Å². The highest BCUT2D eigenvalue weighted by atomic mass is 19.1. The third-order valence-corrected chi connectivity index (χ3v) is 4.13. The van der Waals surface area contributed by atoms with E-state index >= 15 is 0 Å². The van der Waals surface area contributed by atoms with Gasteiger partial charge in [0.15, 0.2) is 0 Å². The van der Waals surface area contributed by atoms with Crippen LogP contribution in [0.1, 0.15) is 45.3 Å². The minimum absolute atomic E-state index is 0.0887. The summed E-state index contributed by atoms with van der Waals surface area (Å²) in [6.45, 7) is 0.632. The fourth-order valence-electron chi connectivity index (χ4n) is 2.82. The fraction of sp³-hybridized carbons (Fsp3) is 0.278. The number of nitrogens with one attached hydrogen (secondary N) is 1. The number of carbonyl (C=O) groups excluding carboxylic acids is 2. The topological polar surface area (TPSA) is 94.3 Å². The van der Waals surface area contributed by atoms with Gasteiger partial charge in [0.05, 0.1) is 17.7 Å². The third kappa shape index (κ3) is 4.00. The van der Waals surface area contributed by atoms with Crippen molar-refractivity contribution in [3.05, 3.63) is 65.2 Å². The number of rotatable bonds is 5. The van der Waals surface area contributed by atoms with E-state index in [0.717, 1.165) is 18.4 Å². The highest BCUT2D eigenvalue weighted by Gasteiger charge is 2.29. The number of pyridine rings is 1. The molecule has 6 nitrogen and oxygen atoms in total. The molecule has 0 spiro atoms. The van der Waals surface area contributed by atoms with E-state index in [1.807, 2.05) is 0 Å². The Bertz CT molecular complexity index is 756. The number of halogens is 1. The Morgan fingerprint density at radius 2 is 2.00 bits per heavy atom. The molecule has 1 aromatic carbocycles. The largest absolute Gasteiger partial charge is 0.376 e. The quantitative estimate of drug-likeness (QED) is 0.868. The smallest absolute Gasteiger partial charge is 0.267 e. The molecule has 1 aliphatic rings. The second-order valence-electron chi connectivity index (χ2n) is 5.85. The first-order chi connectivity index (χ1) is 12.0. The van der Waals surface area contributed by atoms with Gasteiger partial charge in [0.1, 0.15) is 11.5 Å². The Kier molecular flexibility index (Phi) is 5.04. The van der Waals surface area contributed by atoms with Gasteiger partial charge in [0, 0.05) is 12.8 Å². The lowest BCUT2D eigenvalue weighted by Gasteiger charge is -2.24. The molecular formula is C18H18FN3O3. The molecule has 1 aliphatic heterocycles. The summed E-state index contributed by atoms with van der Waals surface area (Å²) in [5.74, 6) is -1.35. The van der Waals surface area contributed by atoms with Crippen LogP contribution in [0.3, 0.4) is 0 Å². The minimum Gasteiger partial charge on any atom is -0.376 e. The Hall–Kier alpha value is -2.80. The van der Waals surface area contributed by atoms with Crippen molar-refractivity contribution in [2.45, 2.75) is 25.0 Å². The number of amides is 2. The fourth-order valence-corrected chi connectivity index (χ4v) is 2.82. The number of benzene rings is 1. The van der Waals surface area contributed by atoms with E-state index in [4.69, 9.17) is 10.5 Å². The van der Waals surface area contributed by atoms with Crippen LogP contribution in [-0.4, -0.2) is 29.5 Å². The zero-order chi connectivity index (χ0) is 17.8. The molecule has 2 amide bonds. The number of hydrogen-bond donors (Lipinski definition) is 2. The monoisotopic (exact) mass is 343 g/mol. The zero-order valence-corrected chi connectivity index (χ0v) is 13.4. The maximum Gasteiger partial charge on any atom is 0.267 e. The van der Waals surface area contributed by atoms with E-state index in [1.165, 1.54) is 30.5 Å². The summed E-state index contributed by atoms with van der Waals surface area (Å²) < 4.78 is 18.9. The number of carbonyl (C=O) groups is 2. The maximum atomic E-state index is 13.2. The SMILES string of the molecule is NC(=O)c1ccc(C(=O)N[C@H](c2ccc(F)cc2)[C@H]2CCCO2)cn1. The number of ether oxygens (including phenoxy) is 1. The molecule has 2 aromatic rings. The summed E-state index contributed by atoms with van der Waals surface area (Å²) in [5, 5.41) is 2.92. The van der Waals surface area contributed by atoms with Gasteiger partial charge >= 0.3 is 0 Å². The van der Waals surface area contributed by atoms with E-state index in [0.29, 0.717) is 12.2 Å². The van der Waals surface area contributed by atoms with E-state index in [1.54, 1.807) is 12.1 Å². The van der Waals surface area contributed by atoms with E-state index < -0.39 is 11.9 Å². The predicted molar refractivity (Wildman–Crippen MR) is 88.3 cm³/mol. The lowest BCUT2D eigenvalue weighted by atomic mass is 9.99. The minimum atomic E-state index is -0.657. The molecule has 1 saturated heterocycles. The van der Waals surface area contributed by atoms with Crippen LogP contribution in [0.15, 0.2) is 42.6 Å². The lowest BCUT2D eigenvalue weighted by Crippen LogP contribution is -2.36. The third-order valence-electron chi connectivity index (χ3n) is 4.13. The van der Waals surface area contributed by atoms with Crippen molar-refractivity contribution in [1.82, 2.24) is 10.3 Å². The van der Waals surface area contributed by atoms with E-state index in [9.17, 15) is 14.0 Å². The molecule has 0 aliphatic carbocycles. The van der Waals surface area contributed by atoms with Gasteiger partial charge in [-0.25, -0.2) is 4.39 Å². The standard InChI is InChI=1S/C18H18FN3O3/c19-13-6-3-11(4-7-13)16(15-2-1-9-25-15)22-18(24)12-5-8-14(17(20)23)21-10-12/h3-8,10,15-16H,1-2,9H2,(H2,20,23)(H,22,24)/t15-,16-/m1/s1. The summed E-state index contributed by atoms with van der Waals surface area (Å²) in [6, 6.07) is 8.47. The van der Waals surface area contributed by atoms with Crippen LogP contribution in [0.5, 0.6) is 0 Å². The van der Waals surface area contributed by atoms with Crippen LogP contribution in [0.2, 0.25) is 0 Å². The molecule has 2 atom stereocenters. The van der Waals surface area contributed by atoms with E-state index in [2.05, 4.69) is 10.3 Å². The first kappa shape index (κ1) is 17.0. The summed E-state index contributed by atoms with van der Waals surface area (Å²) in [7, 11) is 0. The van der Waals surface area contributed by atoms with Crippen molar-refractivity contribution in [2.75, 3.05) is 6.61 Å². The average Bonchev–Trinajstić information content (AvgIpc) is 3.15. The first-order valence-electron chi connectivity index (χ1n) is 7.98. The van der Waals surface area contributed by atoms with Gasteiger partial charge in [-0.15, -0.1) is 0 Å². The van der Waals surface area contributed by atoms with Crippen LogP contribution in [0.4, 0.5) is 4.39 Å². The molecule has 3 rings (SSSR count). The molecular weight excluding hydrogens is 325 g/mol. The Labute approximate surface area is 144 Å². The molecule has 1 fully saturated rings. The van der Waals surface area contributed by atoms with Gasteiger partial charge in [-0.3, -0.25) is 14.6 Å². The van der Waals surface area contributed by atoms with Gasteiger partial charge in [-0.1, -0.05) is 12.1 Å². The number of hydrogen-bond acceptors (Lipinski definition) is 4. The molecule has 0 saturated carbocycles. The van der Waals surface area contributed by atoms with Crippen molar-refractivity contribution in [3.63, 3.8) is 0 Å². The highest BCUT2D eigenvalue weighted by molar-refractivity contribution is 5.96. The molecule has 130 valence electrons. The Morgan fingerprint density at radius 1 is 1.24 bits per heavy atom. The summed E-state index contributed by atoms with van der Waals surface area (Å²) in [4.78, 5) is 27.5. The first-order valence-corrected chi connectivity index (χ1v) is 7.98. The average molecular weight is 343 g/mol. The van der Waals surface area contributed by atoms with Gasteiger partial charge < -0.3 is 15.8 Å². The molecule has 0 unspecified atom stereocenters. The van der Waals surface area contributed by atoms with Crippen molar-refractivity contribution >= 4 is 11.8 Å². The van der Waals surface area contributed by atoms with Crippen LogP contribution >= 0.6 is 0 Å². The maximum absolute atomic E-state index is 13.2. The molecule has 2 heterocycles. The molecule has 7 heteroatoms. The van der Waals surface area contributed by atoms with Crippen LogP contribution < -0.4 is 11.1 Å². The van der Waals surface area contributed by atoms with E-state index in [-0.39, 0.29) is 23.5 Å². The summed E-state index contributed by atoms with van der Waals surface area (Å²) >= 11 is 0. The predicted octanol–water partition coefficient (Wildman–Crippen LogP) is 1.97. The number of nitrogens with zero attached hydrogens (tertiary/aromatic N) is 1. The second-order valence-corrected chi connectivity index (χ2v) is 5.85. The lowest BCUT2D eigenvalue weighted by molar-refractivity contribution is 0.0672. The number of nitrogens with two attached hydrogens (primary N) is 1. The number of aromatic nitrogens is 1.